The minimum Gasteiger partial charge on any atom is -0.389 e. The standard InChI is InChI=1S/C14H21N3S/c1-10-7-12(14(15)18)8-13(16-10)17(2)9-11-5-3-4-6-11/h7-8,11H,3-6,9H2,1-2H3,(H2,15,18). The number of anilines is 1. The molecule has 1 saturated carbocycles. The van der Waals surface area contributed by atoms with Crippen molar-refractivity contribution in [3.63, 3.8) is 0 Å². The highest BCUT2D eigenvalue weighted by Gasteiger charge is 2.18. The van der Waals surface area contributed by atoms with Gasteiger partial charge in [-0.3, -0.25) is 0 Å². The SMILES string of the molecule is Cc1cc(C(N)=S)cc(N(C)CC2CCCC2)n1. The van der Waals surface area contributed by atoms with Crippen LogP contribution in [0.4, 0.5) is 5.82 Å². The van der Waals surface area contributed by atoms with Gasteiger partial charge in [0.15, 0.2) is 0 Å². The van der Waals surface area contributed by atoms with E-state index >= 15 is 0 Å². The van der Waals surface area contributed by atoms with Crippen LogP contribution in [0, 0.1) is 12.8 Å². The molecule has 1 fully saturated rings. The van der Waals surface area contributed by atoms with Gasteiger partial charge in [0, 0.05) is 24.8 Å². The average molecular weight is 263 g/mol. The van der Waals surface area contributed by atoms with Crippen molar-refractivity contribution in [3.05, 3.63) is 23.4 Å². The smallest absolute Gasteiger partial charge is 0.129 e. The van der Waals surface area contributed by atoms with E-state index in [2.05, 4.69) is 16.9 Å². The van der Waals surface area contributed by atoms with Crippen molar-refractivity contribution in [3.8, 4) is 0 Å². The molecule has 98 valence electrons. The van der Waals surface area contributed by atoms with E-state index in [1.165, 1.54) is 25.7 Å². The van der Waals surface area contributed by atoms with Gasteiger partial charge in [0.2, 0.25) is 0 Å². The fourth-order valence-electron chi connectivity index (χ4n) is 2.66. The Morgan fingerprint density at radius 2 is 2.11 bits per heavy atom. The maximum absolute atomic E-state index is 5.70. The zero-order valence-corrected chi connectivity index (χ0v) is 12.0. The van der Waals surface area contributed by atoms with Crippen LogP contribution < -0.4 is 10.6 Å². The molecule has 0 saturated heterocycles. The normalized spacial score (nSPS) is 15.9. The number of thiocarbonyl (C=S) groups is 1. The molecule has 4 heteroatoms. The summed E-state index contributed by atoms with van der Waals surface area (Å²) in [7, 11) is 2.10. The van der Waals surface area contributed by atoms with Crippen LogP contribution in [-0.4, -0.2) is 23.6 Å². The zero-order chi connectivity index (χ0) is 13.1. The van der Waals surface area contributed by atoms with Crippen LogP contribution in [0.5, 0.6) is 0 Å². The van der Waals surface area contributed by atoms with Gasteiger partial charge in [-0.2, -0.15) is 0 Å². The lowest BCUT2D eigenvalue weighted by Crippen LogP contribution is -2.25. The molecule has 1 aliphatic carbocycles. The average Bonchev–Trinajstić information content (AvgIpc) is 2.80. The van der Waals surface area contributed by atoms with Crippen LogP contribution in [0.2, 0.25) is 0 Å². The Hall–Kier alpha value is -1.16. The number of aromatic nitrogens is 1. The topological polar surface area (TPSA) is 42.1 Å². The largest absolute Gasteiger partial charge is 0.389 e. The zero-order valence-electron chi connectivity index (χ0n) is 11.1. The summed E-state index contributed by atoms with van der Waals surface area (Å²) in [6.07, 6.45) is 5.44. The molecule has 0 radical (unpaired) electrons. The first-order valence-corrected chi connectivity index (χ1v) is 6.96. The summed E-state index contributed by atoms with van der Waals surface area (Å²) in [5.74, 6) is 1.79. The van der Waals surface area contributed by atoms with Crippen molar-refractivity contribution in [2.24, 2.45) is 11.7 Å². The molecule has 1 aromatic heterocycles. The van der Waals surface area contributed by atoms with Crippen LogP contribution in [0.3, 0.4) is 0 Å². The molecule has 1 heterocycles. The van der Waals surface area contributed by atoms with Gasteiger partial charge in [-0.05, 0) is 37.8 Å². The third-order valence-electron chi connectivity index (χ3n) is 3.62. The Balaban J connectivity index is 2.13. The molecular formula is C14H21N3S. The van der Waals surface area contributed by atoms with Gasteiger partial charge in [-0.15, -0.1) is 0 Å². The minimum absolute atomic E-state index is 0.441. The quantitative estimate of drug-likeness (QED) is 0.848. The van der Waals surface area contributed by atoms with E-state index in [-0.39, 0.29) is 0 Å². The van der Waals surface area contributed by atoms with Crippen molar-refractivity contribution in [2.75, 3.05) is 18.5 Å². The predicted octanol–water partition coefficient (Wildman–Crippen LogP) is 2.65. The van der Waals surface area contributed by atoms with Gasteiger partial charge in [0.1, 0.15) is 10.8 Å². The lowest BCUT2D eigenvalue weighted by atomic mass is 10.1. The Morgan fingerprint density at radius 1 is 1.44 bits per heavy atom. The van der Waals surface area contributed by atoms with Crippen LogP contribution >= 0.6 is 12.2 Å². The molecule has 1 aromatic rings. The molecule has 18 heavy (non-hydrogen) atoms. The second-order valence-corrected chi connectivity index (χ2v) is 5.69. The fraction of sp³-hybridized carbons (Fsp3) is 0.571. The molecule has 0 aliphatic heterocycles. The van der Waals surface area contributed by atoms with E-state index < -0.39 is 0 Å². The molecular weight excluding hydrogens is 242 g/mol. The number of nitrogens with zero attached hydrogens (tertiary/aromatic N) is 2. The molecule has 3 nitrogen and oxygen atoms in total. The number of hydrogen-bond acceptors (Lipinski definition) is 3. The number of aryl methyl sites for hydroxylation is 1. The molecule has 2 N–H and O–H groups in total. The second-order valence-electron chi connectivity index (χ2n) is 5.25. The van der Waals surface area contributed by atoms with Crippen molar-refractivity contribution in [2.45, 2.75) is 32.6 Å². The monoisotopic (exact) mass is 263 g/mol. The third kappa shape index (κ3) is 3.19. The van der Waals surface area contributed by atoms with Crippen LogP contribution in [-0.2, 0) is 0 Å². The number of hydrogen-bond donors (Lipinski definition) is 1. The summed E-state index contributed by atoms with van der Waals surface area (Å²) >= 11 is 5.04. The van der Waals surface area contributed by atoms with Crippen molar-refractivity contribution in [1.29, 1.82) is 0 Å². The molecule has 0 aromatic carbocycles. The Morgan fingerprint density at radius 3 is 2.72 bits per heavy atom. The summed E-state index contributed by atoms with van der Waals surface area (Å²) in [5.41, 5.74) is 7.57. The highest BCUT2D eigenvalue weighted by molar-refractivity contribution is 7.80. The highest BCUT2D eigenvalue weighted by Crippen LogP contribution is 2.26. The summed E-state index contributed by atoms with van der Waals surface area (Å²) in [4.78, 5) is 7.24. The second kappa shape index (κ2) is 5.65. The van der Waals surface area contributed by atoms with E-state index in [1.54, 1.807) is 0 Å². The summed E-state index contributed by atoms with van der Waals surface area (Å²) in [6.45, 7) is 3.06. The van der Waals surface area contributed by atoms with Crippen LogP contribution in [0.1, 0.15) is 36.9 Å². The first-order valence-electron chi connectivity index (χ1n) is 6.56. The molecule has 0 bridgehead atoms. The van der Waals surface area contributed by atoms with Crippen LogP contribution in [0.15, 0.2) is 12.1 Å². The molecule has 0 atom stereocenters. The number of rotatable bonds is 4. The van der Waals surface area contributed by atoms with Gasteiger partial charge in [0.25, 0.3) is 0 Å². The van der Waals surface area contributed by atoms with Crippen molar-refractivity contribution in [1.82, 2.24) is 4.98 Å². The molecule has 2 rings (SSSR count). The Kier molecular flexibility index (Phi) is 4.17. The third-order valence-corrected chi connectivity index (χ3v) is 3.86. The minimum atomic E-state index is 0.441. The lowest BCUT2D eigenvalue weighted by Gasteiger charge is -2.23. The molecule has 0 amide bonds. The maximum atomic E-state index is 5.70. The van der Waals surface area contributed by atoms with Crippen molar-refractivity contribution >= 4 is 23.0 Å². The van der Waals surface area contributed by atoms with E-state index in [9.17, 15) is 0 Å². The maximum Gasteiger partial charge on any atom is 0.129 e. The van der Waals surface area contributed by atoms with Crippen LogP contribution in [0.25, 0.3) is 0 Å². The van der Waals surface area contributed by atoms with E-state index in [4.69, 9.17) is 18.0 Å². The van der Waals surface area contributed by atoms with Gasteiger partial charge in [0.05, 0.1) is 0 Å². The van der Waals surface area contributed by atoms with Gasteiger partial charge < -0.3 is 10.6 Å². The van der Waals surface area contributed by atoms with E-state index in [0.717, 1.165) is 29.5 Å². The van der Waals surface area contributed by atoms with Gasteiger partial charge >= 0.3 is 0 Å². The van der Waals surface area contributed by atoms with E-state index in [1.807, 2.05) is 19.1 Å². The highest BCUT2D eigenvalue weighted by atomic mass is 32.1. The Bertz CT molecular complexity index is 439. The number of pyridine rings is 1. The number of nitrogens with two attached hydrogens (primary N) is 1. The molecule has 0 spiro atoms. The first kappa shape index (κ1) is 13.3. The first-order chi connectivity index (χ1) is 8.56. The van der Waals surface area contributed by atoms with E-state index in [0.29, 0.717) is 4.99 Å². The summed E-state index contributed by atoms with van der Waals surface area (Å²) in [5, 5.41) is 0. The fourth-order valence-corrected chi connectivity index (χ4v) is 2.78. The van der Waals surface area contributed by atoms with Gasteiger partial charge in [-0.25, -0.2) is 4.98 Å². The van der Waals surface area contributed by atoms with Crippen molar-refractivity contribution < 1.29 is 0 Å². The summed E-state index contributed by atoms with van der Waals surface area (Å²) < 4.78 is 0. The molecule has 1 aliphatic rings. The summed E-state index contributed by atoms with van der Waals surface area (Å²) in [6, 6.07) is 3.93. The molecule has 0 unspecified atom stereocenters. The Labute approximate surface area is 114 Å². The lowest BCUT2D eigenvalue weighted by molar-refractivity contribution is 0.545. The van der Waals surface area contributed by atoms with Gasteiger partial charge in [-0.1, -0.05) is 25.1 Å². The predicted molar refractivity (Wildman–Crippen MR) is 80.1 cm³/mol.